The Hall–Kier alpha value is -4.03. The van der Waals surface area contributed by atoms with Crippen molar-refractivity contribution >= 4 is 0 Å². The van der Waals surface area contributed by atoms with Gasteiger partial charge in [-0.3, -0.25) is 9.67 Å². The Labute approximate surface area is 220 Å². The molecule has 0 saturated carbocycles. The summed E-state index contributed by atoms with van der Waals surface area (Å²) in [6.07, 6.45) is 4.79. The van der Waals surface area contributed by atoms with E-state index >= 15 is 0 Å². The van der Waals surface area contributed by atoms with Gasteiger partial charge in [-0.25, -0.2) is 8.78 Å². The monoisotopic (exact) mass is 514 g/mol. The Morgan fingerprint density at radius 2 is 1.82 bits per heavy atom. The molecule has 194 valence electrons. The van der Waals surface area contributed by atoms with Gasteiger partial charge in [-0.05, 0) is 48.2 Å². The van der Waals surface area contributed by atoms with Crippen LogP contribution >= 0.6 is 0 Å². The van der Waals surface area contributed by atoms with Crippen molar-refractivity contribution in [2.24, 2.45) is 0 Å². The van der Waals surface area contributed by atoms with Crippen LogP contribution in [-0.4, -0.2) is 38.2 Å². The Balaban J connectivity index is 1.49. The lowest BCUT2D eigenvalue weighted by Gasteiger charge is -2.39. The van der Waals surface area contributed by atoms with Gasteiger partial charge in [0.1, 0.15) is 17.2 Å². The number of pyridine rings is 1. The summed E-state index contributed by atoms with van der Waals surface area (Å²) in [6.45, 7) is 7.04. The van der Waals surface area contributed by atoms with Gasteiger partial charge in [-0.15, -0.1) is 0 Å². The summed E-state index contributed by atoms with van der Waals surface area (Å²) in [7, 11) is 0. The van der Waals surface area contributed by atoms with Gasteiger partial charge in [0.05, 0.1) is 54.5 Å². The fourth-order valence-electron chi connectivity index (χ4n) is 4.74. The van der Waals surface area contributed by atoms with E-state index in [1.807, 2.05) is 31.3 Å². The van der Waals surface area contributed by atoms with Gasteiger partial charge in [0.15, 0.2) is 0 Å². The number of ether oxygens (including phenoxy) is 1. The standard InChI is InChI=1S/C29H28F2N6O/c1-4-18(2)21-13-26(27-22(30)7-5-8-23(27)31)35-36-28(21)19(3)24-9-6-10-25(34-24)20-14-33-37(15-20)29(11-12-32)16-38-17-29/h5-10,13-15,18-19H,4,11,16-17H2,1-3H3/t18-,19?/m0/s1. The Kier molecular flexibility index (Phi) is 7.00. The number of rotatable bonds is 8. The molecule has 3 aromatic heterocycles. The second-order valence-corrected chi connectivity index (χ2v) is 9.87. The lowest BCUT2D eigenvalue weighted by atomic mass is 9.89. The Morgan fingerprint density at radius 3 is 2.47 bits per heavy atom. The molecule has 0 amide bonds. The largest absolute Gasteiger partial charge is 0.376 e. The molecule has 4 heterocycles. The van der Waals surface area contributed by atoms with Crippen molar-refractivity contribution in [3.05, 3.63) is 83.4 Å². The summed E-state index contributed by atoms with van der Waals surface area (Å²) in [5.41, 5.74) is 3.55. The lowest BCUT2D eigenvalue weighted by Crippen LogP contribution is -2.51. The molecule has 38 heavy (non-hydrogen) atoms. The molecule has 1 aliphatic heterocycles. The third-order valence-corrected chi connectivity index (χ3v) is 7.35. The quantitative estimate of drug-likeness (QED) is 0.287. The normalized spacial score (nSPS) is 15.9. The Morgan fingerprint density at radius 1 is 1.08 bits per heavy atom. The lowest BCUT2D eigenvalue weighted by molar-refractivity contribution is -0.104. The summed E-state index contributed by atoms with van der Waals surface area (Å²) < 4.78 is 36.1. The van der Waals surface area contributed by atoms with Crippen LogP contribution in [0.4, 0.5) is 8.78 Å². The predicted molar refractivity (Wildman–Crippen MR) is 138 cm³/mol. The van der Waals surface area contributed by atoms with Crippen LogP contribution in [0, 0.1) is 23.0 Å². The molecule has 0 N–H and O–H groups in total. The molecule has 0 spiro atoms. The first-order chi connectivity index (χ1) is 18.4. The molecule has 1 aliphatic rings. The molecule has 2 atom stereocenters. The van der Waals surface area contributed by atoms with E-state index in [1.165, 1.54) is 18.2 Å². The summed E-state index contributed by atoms with van der Waals surface area (Å²) in [5, 5.41) is 22.4. The average molecular weight is 515 g/mol. The van der Waals surface area contributed by atoms with Crippen LogP contribution < -0.4 is 0 Å². The van der Waals surface area contributed by atoms with Gasteiger partial charge in [-0.1, -0.05) is 32.9 Å². The maximum Gasteiger partial charge on any atom is 0.135 e. The molecular formula is C29H28F2N6O. The Bertz CT molecular complexity index is 1490. The highest BCUT2D eigenvalue weighted by Crippen LogP contribution is 2.35. The van der Waals surface area contributed by atoms with Crippen LogP contribution in [0.15, 0.2) is 54.9 Å². The van der Waals surface area contributed by atoms with E-state index in [9.17, 15) is 14.0 Å². The zero-order chi connectivity index (χ0) is 26.9. The van der Waals surface area contributed by atoms with Crippen LogP contribution in [0.2, 0.25) is 0 Å². The van der Waals surface area contributed by atoms with E-state index in [0.717, 1.165) is 34.6 Å². The van der Waals surface area contributed by atoms with Crippen molar-refractivity contribution in [1.82, 2.24) is 25.0 Å². The molecule has 0 radical (unpaired) electrons. The van der Waals surface area contributed by atoms with Gasteiger partial charge in [-0.2, -0.15) is 20.6 Å². The van der Waals surface area contributed by atoms with E-state index in [0.29, 0.717) is 19.6 Å². The number of nitriles is 1. The van der Waals surface area contributed by atoms with Crippen LogP contribution in [0.5, 0.6) is 0 Å². The van der Waals surface area contributed by atoms with Crippen LogP contribution in [0.1, 0.15) is 62.4 Å². The highest BCUT2D eigenvalue weighted by atomic mass is 19.1. The fraction of sp³-hybridized carbons (Fsp3) is 0.345. The minimum absolute atomic E-state index is 0.0963. The maximum atomic E-state index is 14.5. The first-order valence-corrected chi connectivity index (χ1v) is 12.7. The molecule has 1 unspecified atom stereocenters. The van der Waals surface area contributed by atoms with Gasteiger partial charge in [0, 0.05) is 23.4 Å². The molecule has 4 aromatic rings. The van der Waals surface area contributed by atoms with Crippen molar-refractivity contribution in [1.29, 1.82) is 5.26 Å². The maximum absolute atomic E-state index is 14.5. The zero-order valence-electron chi connectivity index (χ0n) is 21.5. The highest BCUT2D eigenvalue weighted by Gasteiger charge is 2.41. The van der Waals surface area contributed by atoms with Crippen molar-refractivity contribution in [2.75, 3.05) is 13.2 Å². The molecule has 0 aliphatic carbocycles. The molecule has 1 saturated heterocycles. The zero-order valence-corrected chi connectivity index (χ0v) is 21.5. The van der Waals surface area contributed by atoms with Gasteiger partial charge >= 0.3 is 0 Å². The summed E-state index contributed by atoms with van der Waals surface area (Å²) in [5.74, 6) is -1.46. The number of halogens is 2. The van der Waals surface area contributed by atoms with Gasteiger partial charge < -0.3 is 4.74 Å². The SMILES string of the molecule is CC[C@H](C)c1cc(-c2c(F)cccc2F)nnc1C(C)c1cccc(-c2cnn(C3(CC#N)COC3)c2)n1. The van der Waals surface area contributed by atoms with Crippen LogP contribution in [0.25, 0.3) is 22.5 Å². The number of hydrogen-bond donors (Lipinski definition) is 0. The van der Waals surface area contributed by atoms with Crippen LogP contribution in [-0.2, 0) is 10.3 Å². The summed E-state index contributed by atoms with van der Waals surface area (Å²) in [4.78, 5) is 4.90. The van der Waals surface area contributed by atoms with Crippen molar-refractivity contribution in [3.8, 4) is 28.6 Å². The molecule has 9 heteroatoms. The molecule has 1 aromatic carbocycles. The third kappa shape index (κ3) is 4.56. The molecular weight excluding hydrogens is 486 g/mol. The van der Waals surface area contributed by atoms with E-state index in [2.05, 4.69) is 35.2 Å². The predicted octanol–water partition coefficient (Wildman–Crippen LogP) is 5.98. The summed E-state index contributed by atoms with van der Waals surface area (Å²) >= 11 is 0. The highest BCUT2D eigenvalue weighted by molar-refractivity contribution is 5.62. The van der Waals surface area contributed by atoms with Crippen molar-refractivity contribution < 1.29 is 13.5 Å². The first-order valence-electron chi connectivity index (χ1n) is 12.7. The molecule has 7 nitrogen and oxygen atoms in total. The number of nitrogens with zero attached hydrogens (tertiary/aromatic N) is 6. The minimum Gasteiger partial charge on any atom is -0.376 e. The second-order valence-electron chi connectivity index (χ2n) is 9.87. The van der Waals surface area contributed by atoms with Crippen molar-refractivity contribution in [2.45, 2.75) is 51.0 Å². The van der Waals surface area contributed by atoms with E-state index < -0.39 is 17.2 Å². The molecule has 5 rings (SSSR count). The second kappa shape index (κ2) is 10.4. The summed E-state index contributed by atoms with van der Waals surface area (Å²) in [6, 6.07) is 13.5. The van der Waals surface area contributed by atoms with Crippen LogP contribution in [0.3, 0.4) is 0 Å². The fourth-order valence-corrected chi connectivity index (χ4v) is 4.74. The third-order valence-electron chi connectivity index (χ3n) is 7.35. The first kappa shape index (κ1) is 25.6. The van der Waals surface area contributed by atoms with Gasteiger partial charge in [0.2, 0.25) is 0 Å². The van der Waals surface area contributed by atoms with Crippen molar-refractivity contribution in [3.63, 3.8) is 0 Å². The molecule has 0 bridgehead atoms. The molecule has 1 fully saturated rings. The topological polar surface area (TPSA) is 89.5 Å². The van der Waals surface area contributed by atoms with E-state index in [-0.39, 0.29) is 23.1 Å². The van der Waals surface area contributed by atoms with E-state index in [4.69, 9.17) is 9.72 Å². The van der Waals surface area contributed by atoms with Gasteiger partial charge in [0.25, 0.3) is 0 Å². The number of benzene rings is 1. The minimum atomic E-state index is -0.671. The smallest absolute Gasteiger partial charge is 0.135 e. The number of hydrogen-bond acceptors (Lipinski definition) is 6. The average Bonchev–Trinajstić information content (AvgIpc) is 3.40. The van der Waals surface area contributed by atoms with E-state index in [1.54, 1.807) is 16.9 Å². The number of aromatic nitrogens is 5.